The highest BCUT2D eigenvalue weighted by atomic mass is 16.5. The maximum absolute atomic E-state index is 12.1. The number of ether oxygens (including phenoxy) is 3. The summed E-state index contributed by atoms with van der Waals surface area (Å²) in [5.41, 5.74) is 11.8. The molecule has 206 valence electrons. The first-order valence-electron chi connectivity index (χ1n) is 12.4. The monoisotopic (exact) mass is 510 g/mol. The number of methoxy groups -OCH3 is 2. The van der Waals surface area contributed by atoms with Crippen LogP contribution < -0.4 is 31.6 Å². The molecule has 0 aromatic heterocycles. The van der Waals surface area contributed by atoms with E-state index in [1.807, 2.05) is 18.2 Å². The van der Waals surface area contributed by atoms with Gasteiger partial charge in [-0.05, 0) is 56.2 Å². The van der Waals surface area contributed by atoms with Crippen molar-refractivity contribution in [3.63, 3.8) is 0 Å². The second-order valence-electron chi connectivity index (χ2n) is 10.2. The van der Waals surface area contributed by atoms with Crippen molar-refractivity contribution in [2.75, 3.05) is 40.5 Å². The number of hydrogen-bond acceptors (Lipinski definition) is 7. The third kappa shape index (κ3) is 11.0. The molecule has 0 heterocycles. The molecule has 0 aliphatic heterocycles. The summed E-state index contributed by atoms with van der Waals surface area (Å²) in [5, 5.41) is 15.7. The van der Waals surface area contributed by atoms with Gasteiger partial charge < -0.3 is 41.4 Å². The molecule has 0 aliphatic rings. The van der Waals surface area contributed by atoms with Crippen LogP contribution in [-0.4, -0.2) is 69.7 Å². The molecule has 3 amide bonds. The van der Waals surface area contributed by atoms with Crippen LogP contribution in [0.15, 0.2) is 18.2 Å². The van der Waals surface area contributed by atoms with Crippen molar-refractivity contribution in [3.05, 3.63) is 23.8 Å². The van der Waals surface area contributed by atoms with Crippen LogP contribution in [0.5, 0.6) is 11.5 Å². The highest BCUT2D eigenvalue weighted by Crippen LogP contribution is 2.31. The first-order valence-corrected chi connectivity index (χ1v) is 12.4. The van der Waals surface area contributed by atoms with E-state index in [1.165, 1.54) is 0 Å². The van der Waals surface area contributed by atoms with Crippen LogP contribution in [0.4, 0.5) is 4.79 Å². The molecule has 0 bridgehead atoms. The van der Waals surface area contributed by atoms with Crippen LogP contribution in [0.2, 0.25) is 0 Å². The third-order valence-electron chi connectivity index (χ3n) is 6.32. The maximum Gasteiger partial charge on any atom is 0.314 e. The highest BCUT2D eigenvalue weighted by molar-refractivity contribution is 5.81. The molecule has 3 atom stereocenters. The van der Waals surface area contributed by atoms with Crippen LogP contribution in [0.25, 0.3) is 0 Å². The molecule has 0 spiro atoms. The van der Waals surface area contributed by atoms with Crippen LogP contribution in [-0.2, 0) is 16.0 Å². The van der Waals surface area contributed by atoms with Gasteiger partial charge in [-0.1, -0.05) is 19.9 Å². The number of benzene rings is 1. The highest BCUT2D eigenvalue weighted by Gasteiger charge is 2.26. The summed E-state index contributed by atoms with van der Waals surface area (Å²) < 4.78 is 16.4. The van der Waals surface area contributed by atoms with Gasteiger partial charge in [0.15, 0.2) is 11.5 Å². The number of urea groups is 1. The first kappa shape index (κ1) is 31.5. The van der Waals surface area contributed by atoms with Crippen molar-refractivity contribution in [1.29, 1.82) is 0 Å². The molecule has 0 fully saturated rings. The zero-order chi connectivity index (χ0) is 27.3. The topological polar surface area (TPSA) is 158 Å². The molecule has 36 heavy (non-hydrogen) atoms. The van der Waals surface area contributed by atoms with E-state index in [-0.39, 0.29) is 19.0 Å². The molecule has 1 aromatic carbocycles. The van der Waals surface area contributed by atoms with Gasteiger partial charge in [0.1, 0.15) is 0 Å². The molecule has 0 saturated heterocycles. The lowest BCUT2D eigenvalue weighted by Gasteiger charge is -2.28. The predicted molar refractivity (Wildman–Crippen MR) is 140 cm³/mol. The van der Waals surface area contributed by atoms with Gasteiger partial charge in [-0.3, -0.25) is 4.79 Å². The van der Waals surface area contributed by atoms with Crippen LogP contribution >= 0.6 is 0 Å². The quantitative estimate of drug-likeness (QED) is 0.200. The van der Waals surface area contributed by atoms with E-state index >= 15 is 0 Å². The second kappa shape index (κ2) is 15.5. The summed E-state index contributed by atoms with van der Waals surface area (Å²) in [6, 6.07) is 4.88. The molecule has 10 nitrogen and oxygen atoms in total. The smallest absolute Gasteiger partial charge is 0.314 e. The molecule has 1 aromatic rings. The average Bonchev–Trinajstić information content (AvgIpc) is 2.83. The number of rotatable bonds is 17. The number of carbonyl (C=O) groups is 2. The number of amides is 3. The van der Waals surface area contributed by atoms with Crippen molar-refractivity contribution in [2.24, 2.45) is 28.7 Å². The Morgan fingerprint density at radius 3 is 2.39 bits per heavy atom. The molecule has 0 aliphatic carbocycles. The number of primary amides is 1. The first-order chi connectivity index (χ1) is 16.9. The minimum absolute atomic E-state index is 0.00316. The number of aliphatic hydroxyl groups is 1. The van der Waals surface area contributed by atoms with Gasteiger partial charge in [-0.2, -0.15) is 0 Å². The van der Waals surface area contributed by atoms with E-state index < -0.39 is 29.5 Å². The Morgan fingerprint density at radius 2 is 1.81 bits per heavy atom. The van der Waals surface area contributed by atoms with Crippen LogP contribution in [0.1, 0.15) is 46.1 Å². The zero-order valence-corrected chi connectivity index (χ0v) is 22.6. The number of aliphatic hydroxyl groups excluding tert-OH is 1. The van der Waals surface area contributed by atoms with Gasteiger partial charge in [0.25, 0.3) is 0 Å². The van der Waals surface area contributed by atoms with E-state index in [1.54, 1.807) is 28.1 Å². The van der Waals surface area contributed by atoms with Crippen molar-refractivity contribution < 1.29 is 28.9 Å². The Bertz CT molecular complexity index is 818. The molecule has 0 saturated carbocycles. The Balaban J connectivity index is 2.67. The Hall–Kier alpha value is -2.56. The minimum Gasteiger partial charge on any atom is -0.493 e. The lowest BCUT2D eigenvalue weighted by Crippen LogP contribution is -2.49. The average molecular weight is 511 g/mol. The van der Waals surface area contributed by atoms with E-state index in [0.717, 1.165) is 18.4 Å². The van der Waals surface area contributed by atoms with Crippen molar-refractivity contribution in [1.82, 2.24) is 10.6 Å². The van der Waals surface area contributed by atoms with Crippen molar-refractivity contribution in [2.45, 2.75) is 59.1 Å². The summed E-state index contributed by atoms with van der Waals surface area (Å²) in [6.07, 6.45) is 1.19. The Kier molecular flexibility index (Phi) is 13.6. The molecule has 1 rings (SSSR count). The summed E-state index contributed by atoms with van der Waals surface area (Å²) in [6.45, 7) is 8.78. The van der Waals surface area contributed by atoms with E-state index in [9.17, 15) is 14.7 Å². The van der Waals surface area contributed by atoms with Gasteiger partial charge in [-0.25, -0.2) is 4.79 Å². The lowest BCUT2D eigenvalue weighted by atomic mass is 9.83. The summed E-state index contributed by atoms with van der Waals surface area (Å²) in [7, 11) is 3.27. The lowest BCUT2D eigenvalue weighted by molar-refractivity contribution is -0.125. The number of carbonyl (C=O) groups excluding carboxylic acids is 2. The fourth-order valence-corrected chi connectivity index (χ4v) is 3.55. The molecule has 7 N–H and O–H groups in total. The SMILES string of the molecule is COCCCOc1cc(C[C@@H](C[C@H](N)[C@@H](O)CNC(=O)NCC(C)(C)C(N)=O)C(C)C)ccc1OC. The number of hydrogen-bond donors (Lipinski definition) is 5. The molecule has 0 radical (unpaired) electrons. The van der Waals surface area contributed by atoms with Crippen molar-refractivity contribution in [3.8, 4) is 11.5 Å². The zero-order valence-electron chi connectivity index (χ0n) is 22.6. The summed E-state index contributed by atoms with van der Waals surface area (Å²) >= 11 is 0. The van der Waals surface area contributed by atoms with Gasteiger partial charge in [-0.15, -0.1) is 0 Å². The van der Waals surface area contributed by atoms with Gasteiger partial charge >= 0.3 is 6.03 Å². The van der Waals surface area contributed by atoms with E-state index in [0.29, 0.717) is 37.1 Å². The summed E-state index contributed by atoms with van der Waals surface area (Å²) in [5.74, 6) is 1.38. The standard InChI is InChI=1S/C26H46N4O6/c1-17(2)19(12-18-8-9-22(35-6)23(13-18)36-11-7-10-34-5)14-20(27)21(31)15-29-25(33)30-16-26(3,4)24(28)32/h8-9,13,17,19-21,31H,7,10-12,14-16,27H2,1-6H3,(H2,28,32)(H2,29,30,33)/t19-,20-,21-/m0/s1. The second-order valence-corrected chi connectivity index (χ2v) is 10.2. The number of nitrogens with one attached hydrogen (secondary N) is 2. The van der Waals surface area contributed by atoms with E-state index in [4.69, 9.17) is 25.7 Å². The largest absolute Gasteiger partial charge is 0.493 e. The Labute approximate surface area is 215 Å². The molecule has 10 heteroatoms. The predicted octanol–water partition coefficient (Wildman–Crippen LogP) is 1.81. The van der Waals surface area contributed by atoms with Gasteiger partial charge in [0, 0.05) is 39.3 Å². The third-order valence-corrected chi connectivity index (χ3v) is 6.32. The fraction of sp³-hybridized carbons (Fsp3) is 0.692. The van der Waals surface area contributed by atoms with Crippen molar-refractivity contribution >= 4 is 11.9 Å². The molecule has 0 unspecified atom stereocenters. The fourth-order valence-electron chi connectivity index (χ4n) is 3.55. The van der Waals surface area contributed by atoms with E-state index in [2.05, 4.69) is 24.5 Å². The normalized spacial score (nSPS) is 14.1. The van der Waals surface area contributed by atoms with Crippen LogP contribution in [0, 0.1) is 17.3 Å². The van der Waals surface area contributed by atoms with Gasteiger partial charge in [0.05, 0.1) is 25.2 Å². The molecular weight excluding hydrogens is 464 g/mol. The van der Waals surface area contributed by atoms with Gasteiger partial charge in [0.2, 0.25) is 5.91 Å². The Morgan fingerprint density at radius 1 is 1.11 bits per heavy atom. The maximum atomic E-state index is 12.1. The summed E-state index contributed by atoms with van der Waals surface area (Å²) in [4.78, 5) is 23.4. The minimum atomic E-state index is -0.920. The number of nitrogens with two attached hydrogens (primary N) is 2. The molecular formula is C26H46N4O6. The van der Waals surface area contributed by atoms with Crippen LogP contribution in [0.3, 0.4) is 0 Å².